The van der Waals surface area contributed by atoms with E-state index in [1.54, 1.807) is 0 Å². The highest BCUT2D eigenvalue weighted by molar-refractivity contribution is 5.22. The Bertz CT molecular complexity index is 385. The monoisotopic (exact) mass is 260 g/mol. The van der Waals surface area contributed by atoms with Crippen molar-refractivity contribution in [1.82, 2.24) is 10.2 Å². The molecule has 1 aliphatic carbocycles. The van der Waals surface area contributed by atoms with Gasteiger partial charge in [0.25, 0.3) is 0 Å². The number of hydrogen-bond donors (Lipinski definition) is 1. The zero-order chi connectivity index (χ0) is 13.9. The van der Waals surface area contributed by atoms with Gasteiger partial charge in [-0.15, -0.1) is 0 Å². The van der Waals surface area contributed by atoms with Crippen LogP contribution in [0.5, 0.6) is 0 Å². The summed E-state index contributed by atoms with van der Waals surface area (Å²) in [5.41, 5.74) is 3.17. The molecule has 2 nitrogen and oxygen atoms in total. The van der Waals surface area contributed by atoms with E-state index in [1.807, 2.05) is 0 Å². The number of nitrogens with one attached hydrogen (secondary N) is 1. The molecule has 1 N–H and O–H groups in total. The lowest BCUT2D eigenvalue weighted by atomic mass is 9.96. The molecule has 1 saturated carbocycles. The average Bonchev–Trinajstić information content (AvgIpc) is 3.09. The minimum atomic E-state index is 0.364. The highest BCUT2D eigenvalue weighted by Gasteiger charge is 2.19. The van der Waals surface area contributed by atoms with Crippen LogP contribution in [0.4, 0.5) is 0 Å². The van der Waals surface area contributed by atoms with Crippen LogP contribution in [0.3, 0.4) is 0 Å². The van der Waals surface area contributed by atoms with E-state index in [0.29, 0.717) is 5.41 Å². The molecule has 0 spiro atoms. The molecule has 1 aromatic rings. The molecule has 1 fully saturated rings. The van der Waals surface area contributed by atoms with Crippen molar-refractivity contribution in [2.24, 2.45) is 5.41 Å². The molecule has 2 heteroatoms. The second kappa shape index (κ2) is 6.06. The minimum Gasteiger partial charge on any atom is -0.310 e. The standard InChI is InChI=1S/C17H28N2/c1-17(2,3)13-19(4)12-15-7-5-14(6-8-15)11-18-16-9-10-16/h5-8,16,18H,9-13H2,1-4H3. The highest BCUT2D eigenvalue weighted by atomic mass is 15.1. The Kier molecular flexibility index (Phi) is 4.64. The molecule has 2 rings (SSSR count). The van der Waals surface area contributed by atoms with Gasteiger partial charge < -0.3 is 10.2 Å². The van der Waals surface area contributed by atoms with E-state index < -0.39 is 0 Å². The van der Waals surface area contributed by atoms with Crippen LogP contribution in [0.1, 0.15) is 44.7 Å². The molecule has 0 amide bonds. The minimum absolute atomic E-state index is 0.364. The van der Waals surface area contributed by atoms with Gasteiger partial charge >= 0.3 is 0 Å². The third kappa shape index (κ3) is 5.75. The normalized spacial score (nSPS) is 16.1. The summed E-state index contributed by atoms with van der Waals surface area (Å²) in [7, 11) is 2.20. The van der Waals surface area contributed by atoms with Crippen LogP contribution in [0, 0.1) is 5.41 Å². The van der Waals surface area contributed by atoms with Crippen molar-refractivity contribution in [2.45, 2.75) is 52.7 Å². The third-order valence-electron chi connectivity index (χ3n) is 3.39. The van der Waals surface area contributed by atoms with E-state index in [0.717, 1.165) is 25.7 Å². The smallest absolute Gasteiger partial charge is 0.0230 e. The zero-order valence-electron chi connectivity index (χ0n) is 12.9. The average molecular weight is 260 g/mol. The summed E-state index contributed by atoms with van der Waals surface area (Å²) in [5.74, 6) is 0. The fraction of sp³-hybridized carbons (Fsp3) is 0.647. The lowest BCUT2D eigenvalue weighted by Crippen LogP contribution is -2.28. The van der Waals surface area contributed by atoms with Crippen LogP contribution < -0.4 is 5.32 Å². The van der Waals surface area contributed by atoms with Crippen molar-refractivity contribution in [3.05, 3.63) is 35.4 Å². The van der Waals surface area contributed by atoms with Crippen LogP contribution in [-0.4, -0.2) is 24.5 Å². The Morgan fingerprint density at radius 2 is 1.68 bits per heavy atom. The van der Waals surface area contributed by atoms with Gasteiger partial charge in [-0.3, -0.25) is 0 Å². The van der Waals surface area contributed by atoms with Gasteiger partial charge in [0.2, 0.25) is 0 Å². The molecule has 0 aliphatic heterocycles. The molecular weight excluding hydrogens is 232 g/mol. The molecule has 1 aliphatic rings. The summed E-state index contributed by atoms with van der Waals surface area (Å²) in [5, 5.41) is 3.55. The Hall–Kier alpha value is -0.860. The van der Waals surface area contributed by atoms with Gasteiger partial charge in [-0.2, -0.15) is 0 Å². The van der Waals surface area contributed by atoms with Crippen molar-refractivity contribution in [2.75, 3.05) is 13.6 Å². The summed E-state index contributed by atoms with van der Waals surface area (Å²) in [6.07, 6.45) is 2.71. The first-order valence-corrected chi connectivity index (χ1v) is 7.42. The molecular formula is C17H28N2. The van der Waals surface area contributed by atoms with Crippen molar-refractivity contribution in [1.29, 1.82) is 0 Å². The molecule has 106 valence electrons. The topological polar surface area (TPSA) is 15.3 Å². The Morgan fingerprint density at radius 1 is 1.11 bits per heavy atom. The van der Waals surface area contributed by atoms with E-state index in [1.165, 1.54) is 24.0 Å². The van der Waals surface area contributed by atoms with Crippen LogP contribution in [0.15, 0.2) is 24.3 Å². The van der Waals surface area contributed by atoms with Gasteiger partial charge in [-0.05, 0) is 36.4 Å². The molecule has 0 atom stereocenters. The maximum absolute atomic E-state index is 3.55. The number of hydrogen-bond acceptors (Lipinski definition) is 2. The maximum atomic E-state index is 3.55. The lowest BCUT2D eigenvalue weighted by molar-refractivity contribution is 0.221. The molecule has 19 heavy (non-hydrogen) atoms. The van der Waals surface area contributed by atoms with Crippen LogP contribution in [-0.2, 0) is 13.1 Å². The van der Waals surface area contributed by atoms with Gasteiger partial charge in [0, 0.05) is 25.7 Å². The first-order valence-electron chi connectivity index (χ1n) is 7.42. The Balaban J connectivity index is 1.80. The summed E-state index contributed by atoms with van der Waals surface area (Å²) >= 11 is 0. The van der Waals surface area contributed by atoms with Gasteiger partial charge in [-0.25, -0.2) is 0 Å². The van der Waals surface area contributed by atoms with E-state index in [9.17, 15) is 0 Å². The molecule has 0 heterocycles. The van der Waals surface area contributed by atoms with E-state index in [2.05, 4.69) is 62.3 Å². The molecule has 0 saturated heterocycles. The van der Waals surface area contributed by atoms with Gasteiger partial charge in [0.1, 0.15) is 0 Å². The van der Waals surface area contributed by atoms with E-state index in [-0.39, 0.29) is 0 Å². The molecule has 0 aromatic heterocycles. The summed E-state index contributed by atoms with van der Waals surface area (Å²) in [4.78, 5) is 2.40. The lowest BCUT2D eigenvalue weighted by Gasteiger charge is -2.26. The van der Waals surface area contributed by atoms with Crippen molar-refractivity contribution in [3.63, 3.8) is 0 Å². The number of nitrogens with zero attached hydrogens (tertiary/aromatic N) is 1. The highest BCUT2D eigenvalue weighted by Crippen LogP contribution is 2.19. The fourth-order valence-corrected chi connectivity index (χ4v) is 2.49. The molecule has 0 bridgehead atoms. The quantitative estimate of drug-likeness (QED) is 0.843. The Labute approximate surface area is 118 Å². The maximum Gasteiger partial charge on any atom is 0.0230 e. The van der Waals surface area contributed by atoms with Crippen LogP contribution >= 0.6 is 0 Å². The van der Waals surface area contributed by atoms with Gasteiger partial charge in [0.05, 0.1) is 0 Å². The summed E-state index contributed by atoms with van der Waals surface area (Å²) < 4.78 is 0. The molecule has 1 aromatic carbocycles. The SMILES string of the molecule is CN(Cc1ccc(CNC2CC2)cc1)CC(C)(C)C. The predicted molar refractivity (Wildman–Crippen MR) is 82.1 cm³/mol. The fourth-order valence-electron chi connectivity index (χ4n) is 2.49. The van der Waals surface area contributed by atoms with Crippen molar-refractivity contribution >= 4 is 0 Å². The second-order valence-corrected chi connectivity index (χ2v) is 7.20. The van der Waals surface area contributed by atoms with Crippen molar-refractivity contribution in [3.8, 4) is 0 Å². The summed E-state index contributed by atoms with van der Waals surface area (Å²) in [6, 6.07) is 9.84. The van der Waals surface area contributed by atoms with Gasteiger partial charge in [-0.1, -0.05) is 45.0 Å². The third-order valence-corrected chi connectivity index (χ3v) is 3.39. The second-order valence-electron chi connectivity index (χ2n) is 7.20. The van der Waals surface area contributed by atoms with E-state index >= 15 is 0 Å². The van der Waals surface area contributed by atoms with Crippen molar-refractivity contribution < 1.29 is 0 Å². The number of benzene rings is 1. The summed E-state index contributed by atoms with van der Waals surface area (Å²) in [6.45, 7) is 10.0. The first-order chi connectivity index (χ1) is 8.92. The molecule has 0 unspecified atom stereocenters. The van der Waals surface area contributed by atoms with Gasteiger partial charge in [0.15, 0.2) is 0 Å². The Morgan fingerprint density at radius 3 is 2.21 bits per heavy atom. The first kappa shape index (κ1) is 14.5. The molecule has 0 radical (unpaired) electrons. The van der Waals surface area contributed by atoms with Crippen LogP contribution in [0.2, 0.25) is 0 Å². The largest absolute Gasteiger partial charge is 0.310 e. The zero-order valence-corrected chi connectivity index (χ0v) is 12.9. The van der Waals surface area contributed by atoms with E-state index in [4.69, 9.17) is 0 Å². The predicted octanol–water partition coefficient (Wildman–Crippen LogP) is 3.42. The van der Waals surface area contributed by atoms with Crippen LogP contribution in [0.25, 0.3) is 0 Å². The number of rotatable bonds is 6.